The van der Waals surface area contributed by atoms with Gasteiger partial charge in [-0.1, -0.05) is 19.1 Å². The van der Waals surface area contributed by atoms with E-state index in [1.54, 1.807) is 43.4 Å². The van der Waals surface area contributed by atoms with Crippen LogP contribution >= 0.6 is 0 Å². The number of anilines is 1. The van der Waals surface area contributed by atoms with E-state index in [1.165, 1.54) is 6.92 Å². The van der Waals surface area contributed by atoms with Crippen molar-refractivity contribution in [3.8, 4) is 0 Å². The molecule has 0 aliphatic carbocycles. The summed E-state index contributed by atoms with van der Waals surface area (Å²) in [6.45, 7) is 9.02. The van der Waals surface area contributed by atoms with Crippen molar-refractivity contribution >= 4 is 47.2 Å². The molecule has 0 aromatic heterocycles. The molecule has 1 aliphatic rings. The second-order valence-electron chi connectivity index (χ2n) is 11.0. The van der Waals surface area contributed by atoms with E-state index in [-0.39, 0.29) is 18.4 Å². The summed E-state index contributed by atoms with van der Waals surface area (Å²) in [7, 11) is 0. The molecule has 1 aromatic rings. The molecule has 1 heterocycles. The molecule has 0 saturated carbocycles. The lowest BCUT2D eigenvalue weighted by atomic mass is 9.91. The van der Waals surface area contributed by atoms with E-state index in [0.29, 0.717) is 24.2 Å². The summed E-state index contributed by atoms with van der Waals surface area (Å²) in [6, 6.07) is 0.733. The molecule has 2 rings (SSSR count). The molecule has 44 heavy (non-hydrogen) atoms. The number of aliphatic carboxylic acids is 1. The summed E-state index contributed by atoms with van der Waals surface area (Å²) in [5, 5.41) is 31.1. The summed E-state index contributed by atoms with van der Waals surface area (Å²) in [4.78, 5) is 90.0. The van der Waals surface area contributed by atoms with Crippen LogP contribution in [0.2, 0.25) is 0 Å². The number of fused-ring (bicyclic) bond motifs is 2. The Kier molecular flexibility index (Phi) is 13.4. The minimum Gasteiger partial charge on any atom is -0.481 e. The first kappa shape index (κ1) is 35.8. The fourth-order valence-electron chi connectivity index (χ4n) is 4.85. The zero-order valence-electron chi connectivity index (χ0n) is 25.5. The number of carboxylic acids is 1. The number of nitrogens with one attached hydrogen (secondary N) is 5. The van der Waals surface area contributed by atoms with Gasteiger partial charge in [-0.3, -0.25) is 39.5 Å². The van der Waals surface area contributed by atoms with Crippen LogP contribution in [0, 0.1) is 5.92 Å². The summed E-state index contributed by atoms with van der Waals surface area (Å²) in [5.41, 5.74) is 0.875. The molecule has 242 valence electrons. The molecule has 1 aromatic carbocycles. The average molecular weight is 619 g/mol. The number of carbonyl (C=O) groups is 7. The normalized spacial score (nSPS) is 26.1. The van der Waals surface area contributed by atoms with Gasteiger partial charge in [-0.05, 0) is 58.4 Å². The number of carbonyl (C=O) groups excluding carboxylic acids is 6. The van der Waals surface area contributed by atoms with Gasteiger partial charge in [0.05, 0.1) is 36.9 Å². The molecular weight excluding hydrogens is 576 g/mol. The van der Waals surface area contributed by atoms with Gasteiger partial charge >= 0.3 is 18.0 Å². The van der Waals surface area contributed by atoms with Crippen molar-refractivity contribution < 1.29 is 43.8 Å². The van der Waals surface area contributed by atoms with E-state index in [0.717, 1.165) is 0 Å². The van der Waals surface area contributed by atoms with Crippen LogP contribution in [0.5, 0.6) is 0 Å². The largest absolute Gasteiger partial charge is 0.481 e. The zero-order valence-corrected chi connectivity index (χ0v) is 25.5. The third kappa shape index (κ3) is 10.7. The number of hydrogen-bond donors (Lipinski definition) is 7. The third-order valence-corrected chi connectivity index (χ3v) is 7.43. The van der Waals surface area contributed by atoms with E-state index in [1.807, 2.05) is 24.1 Å². The Balaban J connectivity index is 2.46. The number of amides is 7. The number of benzene rings is 1. The van der Waals surface area contributed by atoms with Gasteiger partial charge in [0.1, 0.15) is 0 Å². The molecule has 2 bridgehead atoms. The highest BCUT2D eigenvalue weighted by atomic mass is 16.4. The second-order valence-corrected chi connectivity index (χ2v) is 11.0. The number of carboxylic acid groups (broad SMARTS) is 1. The zero-order chi connectivity index (χ0) is 33.1. The maximum absolute atomic E-state index is 13.3. The maximum Gasteiger partial charge on any atom is 0.329 e. The van der Waals surface area contributed by atoms with Gasteiger partial charge in [0.15, 0.2) is 5.78 Å². The first-order valence-corrected chi connectivity index (χ1v) is 14.4. The van der Waals surface area contributed by atoms with Crippen molar-refractivity contribution in [3.05, 3.63) is 29.8 Å². The number of hydrogen-bond acceptors (Lipinski definition) is 9. The van der Waals surface area contributed by atoms with Crippen LogP contribution in [0.4, 0.5) is 15.3 Å². The Morgan fingerprint density at radius 2 is 1.66 bits per heavy atom. The highest BCUT2D eigenvalue weighted by Gasteiger charge is 2.35. The lowest BCUT2D eigenvalue weighted by molar-refractivity contribution is -0.140. The number of imide groups is 2. The summed E-state index contributed by atoms with van der Waals surface area (Å²) in [6.07, 6.45) is -2.39. The molecule has 0 unspecified atom stereocenters. The third-order valence-electron chi connectivity index (χ3n) is 7.43. The Labute approximate surface area is 255 Å². The van der Waals surface area contributed by atoms with Gasteiger partial charge < -0.3 is 26.2 Å². The number of aliphatic hydroxyl groups is 1. The van der Waals surface area contributed by atoms with Crippen LogP contribution in [-0.4, -0.2) is 93.5 Å². The maximum atomic E-state index is 13.3. The Morgan fingerprint density at radius 1 is 0.977 bits per heavy atom. The van der Waals surface area contributed by atoms with Crippen molar-refractivity contribution in [1.29, 1.82) is 0 Å². The molecule has 15 heteroatoms. The van der Waals surface area contributed by atoms with Crippen LogP contribution in [0.3, 0.4) is 0 Å². The van der Waals surface area contributed by atoms with Crippen molar-refractivity contribution in [2.45, 2.75) is 90.6 Å². The molecule has 7 amide bonds. The van der Waals surface area contributed by atoms with Gasteiger partial charge in [0.2, 0.25) is 17.7 Å². The molecule has 7 N–H and O–H groups in total. The van der Waals surface area contributed by atoms with Gasteiger partial charge in [-0.2, -0.15) is 0 Å². The monoisotopic (exact) mass is 618 g/mol. The van der Waals surface area contributed by atoms with Gasteiger partial charge in [0, 0.05) is 24.2 Å². The molecule has 6 atom stereocenters. The first-order valence-electron chi connectivity index (χ1n) is 14.4. The van der Waals surface area contributed by atoms with Crippen LogP contribution in [0.25, 0.3) is 0 Å². The number of aliphatic hydroxyl groups excluding tert-OH is 1. The van der Waals surface area contributed by atoms with Crippen LogP contribution in [0.1, 0.15) is 59.4 Å². The second kappa shape index (κ2) is 16.5. The quantitative estimate of drug-likeness (QED) is 0.242. The SMILES string of the molecule is CCCN1[C@H](C)[C@H](C)NC(=O)[C@H]([C@@H](C)O)CC(=O)[C@H](CC(=O)O)NC(=O)NC(=O)NC(=O)Cc2cccc(c2)NC(=O)[C@@H]1C. The highest BCUT2D eigenvalue weighted by molar-refractivity contribution is 6.03. The van der Waals surface area contributed by atoms with E-state index in [2.05, 4.69) is 16.0 Å². The Bertz CT molecular complexity index is 1250. The molecule has 15 nitrogen and oxygen atoms in total. The summed E-state index contributed by atoms with van der Waals surface area (Å²) >= 11 is 0. The lowest BCUT2D eigenvalue weighted by Gasteiger charge is -2.37. The molecular formula is C29H42N6O9. The fourth-order valence-corrected chi connectivity index (χ4v) is 4.85. The summed E-state index contributed by atoms with van der Waals surface area (Å²) in [5.74, 6) is -5.42. The molecule has 0 radical (unpaired) electrons. The van der Waals surface area contributed by atoms with Crippen LogP contribution in [0.15, 0.2) is 24.3 Å². The molecule has 1 aliphatic heterocycles. The van der Waals surface area contributed by atoms with E-state index in [9.17, 15) is 43.8 Å². The Hall–Kier alpha value is -4.37. The van der Waals surface area contributed by atoms with E-state index < -0.39 is 78.6 Å². The van der Waals surface area contributed by atoms with Crippen molar-refractivity contribution in [2.75, 3.05) is 11.9 Å². The first-order chi connectivity index (χ1) is 20.6. The van der Waals surface area contributed by atoms with Crippen molar-refractivity contribution in [1.82, 2.24) is 26.2 Å². The Morgan fingerprint density at radius 3 is 2.27 bits per heavy atom. The number of ketones is 1. The minimum absolute atomic E-state index is 0.272. The highest BCUT2D eigenvalue weighted by Crippen LogP contribution is 2.18. The summed E-state index contributed by atoms with van der Waals surface area (Å²) < 4.78 is 0. The average Bonchev–Trinajstić information content (AvgIpc) is 2.92. The van der Waals surface area contributed by atoms with Gasteiger partial charge in [-0.25, -0.2) is 9.59 Å². The van der Waals surface area contributed by atoms with Gasteiger partial charge in [0.25, 0.3) is 0 Å². The number of nitrogens with zero attached hydrogens (tertiary/aromatic N) is 1. The minimum atomic E-state index is -1.65. The number of rotatable bonds is 5. The van der Waals surface area contributed by atoms with Gasteiger partial charge in [-0.15, -0.1) is 0 Å². The lowest BCUT2D eigenvalue weighted by Crippen LogP contribution is -2.56. The number of Topliss-reactive ketones (excluding diaryl/α,β-unsaturated/α-hetero) is 1. The van der Waals surface area contributed by atoms with Crippen molar-refractivity contribution in [2.24, 2.45) is 5.92 Å². The van der Waals surface area contributed by atoms with E-state index >= 15 is 0 Å². The fraction of sp³-hybridized carbons (Fsp3) is 0.552. The number of urea groups is 2. The topological polar surface area (TPSA) is 223 Å². The standard InChI is InChI=1S/C29H42N6O9/c1-6-10-35-16(3)15(2)30-27(42)21(18(5)36)13-23(37)22(14-25(39)40)32-28(43)34-29(44)33-24(38)12-19-8-7-9-20(11-19)31-26(41)17(35)4/h7-9,11,15-18,21-22,36H,6,10,12-14H2,1-5H3,(H,30,42)(H,31,41)(H,39,40)(H3,32,33,34,38,43,44)/t15-,16+,17-,18+,21-,22-/m0/s1. The van der Waals surface area contributed by atoms with Crippen molar-refractivity contribution in [3.63, 3.8) is 0 Å². The van der Waals surface area contributed by atoms with Crippen LogP contribution < -0.4 is 26.6 Å². The van der Waals surface area contributed by atoms with Crippen LogP contribution in [-0.2, 0) is 30.4 Å². The molecule has 0 spiro atoms. The smallest absolute Gasteiger partial charge is 0.329 e. The van der Waals surface area contributed by atoms with E-state index in [4.69, 9.17) is 0 Å². The predicted molar refractivity (Wildman–Crippen MR) is 158 cm³/mol. The predicted octanol–water partition coefficient (Wildman–Crippen LogP) is 0.510. The molecule has 0 fully saturated rings. The molecule has 0 saturated heterocycles.